The molecule has 1 unspecified atom stereocenters. The number of hydrogen-bond acceptors (Lipinski definition) is 3. The normalized spacial score (nSPS) is 13.1. The molecule has 1 aromatic rings. The lowest BCUT2D eigenvalue weighted by atomic mass is 10.1. The average molecular weight is 501 g/mol. The highest BCUT2D eigenvalue weighted by Gasteiger charge is 2.26. The van der Waals surface area contributed by atoms with Crippen LogP contribution in [0.4, 0.5) is 22.0 Å². The molecule has 0 saturated heterocycles. The van der Waals surface area contributed by atoms with E-state index in [1.54, 1.807) is 6.08 Å². The zero-order valence-electron chi connectivity index (χ0n) is 19.9. The molecule has 1 atom stereocenters. The minimum absolute atomic E-state index is 0.0683. The molecule has 0 fully saturated rings. The van der Waals surface area contributed by atoms with E-state index >= 15 is 0 Å². The van der Waals surface area contributed by atoms with Crippen molar-refractivity contribution in [2.24, 2.45) is 0 Å². The molecule has 0 spiro atoms. The summed E-state index contributed by atoms with van der Waals surface area (Å²) in [5, 5.41) is 9.87. The summed E-state index contributed by atoms with van der Waals surface area (Å²) in [6.07, 6.45) is 21.2. The molecule has 0 heterocycles. The van der Waals surface area contributed by atoms with Crippen LogP contribution in [0.15, 0.2) is 48.6 Å². The van der Waals surface area contributed by atoms with E-state index in [-0.39, 0.29) is 6.42 Å². The Morgan fingerprint density at radius 1 is 0.829 bits per heavy atom. The van der Waals surface area contributed by atoms with Crippen LogP contribution in [0.25, 0.3) is 0 Å². The van der Waals surface area contributed by atoms with Gasteiger partial charge in [-0.05, 0) is 38.5 Å². The monoisotopic (exact) mass is 500 g/mol. The van der Waals surface area contributed by atoms with Crippen molar-refractivity contribution in [3.63, 3.8) is 0 Å². The quantitative estimate of drug-likeness (QED) is 0.0485. The van der Waals surface area contributed by atoms with Crippen molar-refractivity contribution in [2.45, 2.75) is 77.4 Å². The Bertz CT molecular complexity index is 878. The summed E-state index contributed by atoms with van der Waals surface area (Å²) in [6, 6.07) is 0. The first kappa shape index (κ1) is 30.3. The number of halogens is 5. The molecule has 8 heteroatoms. The Balaban J connectivity index is 2.20. The van der Waals surface area contributed by atoms with Crippen LogP contribution in [0.2, 0.25) is 0 Å². The van der Waals surface area contributed by atoms with Gasteiger partial charge in [-0.25, -0.2) is 22.0 Å². The predicted octanol–water partition coefficient (Wildman–Crippen LogP) is 7.54. The molecule has 0 aliphatic carbocycles. The summed E-state index contributed by atoms with van der Waals surface area (Å²) in [7, 11) is 0. The highest BCUT2D eigenvalue weighted by molar-refractivity contribution is 5.69. The van der Waals surface area contributed by atoms with E-state index in [1.165, 1.54) is 19.3 Å². The van der Waals surface area contributed by atoms with E-state index < -0.39 is 53.3 Å². The van der Waals surface area contributed by atoms with Gasteiger partial charge < -0.3 is 9.84 Å². The molecule has 1 aromatic carbocycles. The zero-order valence-corrected chi connectivity index (χ0v) is 19.9. The number of benzene rings is 1. The average Bonchev–Trinajstić information content (AvgIpc) is 2.84. The Morgan fingerprint density at radius 2 is 1.46 bits per heavy atom. The summed E-state index contributed by atoms with van der Waals surface area (Å²) in [4.78, 5) is 11.7. The van der Waals surface area contributed by atoms with Crippen molar-refractivity contribution in [3.05, 3.63) is 83.3 Å². The van der Waals surface area contributed by atoms with Gasteiger partial charge in [-0.3, -0.25) is 4.79 Å². The van der Waals surface area contributed by atoms with E-state index in [0.717, 1.165) is 6.42 Å². The van der Waals surface area contributed by atoms with Gasteiger partial charge in [0.25, 0.3) is 0 Å². The van der Waals surface area contributed by atoms with Gasteiger partial charge in [-0.1, -0.05) is 68.4 Å². The smallest absolute Gasteiger partial charge is 0.306 e. The minimum Gasteiger partial charge on any atom is -0.461 e. The van der Waals surface area contributed by atoms with Gasteiger partial charge in [-0.15, -0.1) is 0 Å². The zero-order chi connectivity index (χ0) is 26.1. The molecule has 1 N–H and O–H groups in total. The van der Waals surface area contributed by atoms with E-state index in [9.17, 15) is 31.9 Å². The molecule has 0 aliphatic rings. The third kappa shape index (κ3) is 12.0. The van der Waals surface area contributed by atoms with Crippen LogP contribution in [0.1, 0.15) is 70.3 Å². The van der Waals surface area contributed by atoms with Gasteiger partial charge in [0, 0.05) is 6.42 Å². The number of aliphatic hydroxyl groups is 1. The van der Waals surface area contributed by atoms with Crippen LogP contribution < -0.4 is 0 Å². The van der Waals surface area contributed by atoms with Gasteiger partial charge in [-0.2, -0.15) is 0 Å². The number of unbranched alkanes of at least 4 members (excludes halogenated alkanes) is 4. The molecule has 0 amide bonds. The number of rotatable bonds is 16. The third-order valence-electron chi connectivity index (χ3n) is 4.97. The maximum Gasteiger partial charge on any atom is 0.306 e. The van der Waals surface area contributed by atoms with Crippen LogP contribution in [-0.4, -0.2) is 17.2 Å². The van der Waals surface area contributed by atoms with E-state index in [1.807, 2.05) is 36.5 Å². The predicted molar refractivity (Wildman–Crippen MR) is 126 cm³/mol. The Labute approximate surface area is 203 Å². The van der Waals surface area contributed by atoms with E-state index in [2.05, 4.69) is 17.7 Å². The molecule has 1 rings (SSSR count). The molecular formula is C27H33F5O3. The van der Waals surface area contributed by atoms with Crippen molar-refractivity contribution >= 4 is 5.97 Å². The lowest BCUT2D eigenvalue weighted by Crippen LogP contribution is -2.11. The van der Waals surface area contributed by atoms with Gasteiger partial charge in [0.05, 0.1) is 11.7 Å². The molecule has 0 aliphatic heterocycles. The summed E-state index contributed by atoms with van der Waals surface area (Å²) in [6.45, 7) is 1.12. The maximum atomic E-state index is 13.5. The Kier molecular flexibility index (Phi) is 15.3. The number of ether oxygens (including phenoxy) is 1. The van der Waals surface area contributed by atoms with Crippen molar-refractivity contribution in [2.75, 3.05) is 0 Å². The van der Waals surface area contributed by atoms with Crippen LogP contribution >= 0.6 is 0 Å². The van der Waals surface area contributed by atoms with Crippen LogP contribution in [0, 0.1) is 29.1 Å². The fourth-order valence-corrected chi connectivity index (χ4v) is 2.95. The molecule has 3 nitrogen and oxygen atoms in total. The Hall–Kier alpha value is -2.74. The first-order valence-corrected chi connectivity index (χ1v) is 11.8. The first-order valence-electron chi connectivity index (χ1n) is 11.8. The number of carbonyl (C=O) groups excluding carboxylic acids is 1. The summed E-state index contributed by atoms with van der Waals surface area (Å²) >= 11 is 0. The van der Waals surface area contributed by atoms with Crippen LogP contribution in [-0.2, 0) is 16.1 Å². The lowest BCUT2D eigenvalue weighted by molar-refractivity contribution is -0.145. The topological polar surface area (TPSA) is 46.5 Å². The summed E-state index contributed by atoms with van der Waals surface area (Å²) < 4.78 is 71.0. The van der Waals surface area contributed by atoms with Crippen LogP contribution in [0.3, 0.4) is 0 Å². The number of esters is 1. The number of aliphatic hydroxyl groups excluding tert-OH is 1. The SMILES string of the molecule is CCCCC/C=C/C=C\C(O)C/C=C\C/C=C\CCCC(=O)OCc1c(F)c(F)c(F)c(F)c1F. The molecule has 0 saturated carbocycles. The second-order valence-electron chi connectivity index (χ2n) is 7.89. The molecule has 0 aromatic heterocycles. The van der Waals surface area contributed by atoms with Gasteiger partial charge in [0.15, 0.2) is 23.3 Å². The first-order chi connectivity index (χ1) is 16.8. The van der Waals surface area contributed by atoms with Crippen LogP contribution in [0.5, 0.6) is 0 Å². The second-order valence-corrected chi connectivity index (χ2v) is 7.89. The molecule has 0 bridgehead atoms. The second kappa shape index (κ2) is 17.7. The summed E-state index contributed by atoms with van der Waals surface area (Å²) in [5.41, 5.74) is -1.18. The fourth-order valence-electron chi connectivity index (χ4n) is 2.95. The van der Waals surface area contributed by atoms with E-state index in [4.69, 9.17) is 0 Å². The standard InChI is InChI=1S/C27H33F5O3/c1-2-3-4-5-7-10-13-16-20(33)17-14-11-8-6-9-12-15-18-22(34)35-19-21-23(28)25(30)27(32)26(31)24(21)29/h6-7,9-11,13-14,16,20,33H,2-5,8,12,15,17-19H2,1H3/b9-6-,10-7+,14-11-,16-13-. The largest absolute Gasteiger partial charge is 0.461 e. The van der Waals surface area contributed by atoms with Crippen molar-refractivity contribution < 1.29 is 36.6 Å². The lowest BCUT2D eigenvalue weighted by Gasteiger charge is -2.09. The van der Waals surface area contributed by atoms with Crippen molar-refractivity contribution in [1.82, 2.24) is 0 Å². The summed E-state index contributed by atoms with van der Waals surface area (Å²) in [5.74, 6) is -11.2. The highest BCUT2D eigenvalue weighted by atomic mass is 19.2. The molecule has 0 radical (unpaired) electrons. The molecule has 194 valence electrons. The van der Waals surface area contributed by atoms with Crippen molar-refractivity contribution in [1.29, 1.82) is 0 Å². The minimum atomic E-state index is -2.26. The maximum absolute atomic E-state index is 13.5. The molecular weight excluding hydrogens is 467 g/mol. The van der Waals surface area contributed by atoms with Gasteiger partial charge in [0.2, 0.25) is 5.82 Å². The van der Waals surface area contributed by atoms with Crippen molar-refractivity contribution in [3.8, 4) is 0 Å². The number of hydrogen-bond donors (Lipinski definition) is 1. The molecule has 35 heavy (non-hydrogen) atoms. The van der Waals surface area contributed by atoms with Gasteiger partial charge in [0.1, 0.15) is 6.61 Å². The number of allylic oxidation sites excluding steroid dienone is 6. The third-order valence-corrected chi connectivity index (χ3v) is 4.97. The van der Waals surface area contributed by atoms with E-state index in [0.29, 0.717) is 25.7 Å². The fraction of sp³-hybridized carbons (Fsp3) is 0.444. The number of carbonyl (C=O) groups is 1. The van der Waals surface area contributed by atoms with Gasteiger partial charge >= 0.3 is 5.97 Å². The Morgan fingerprint density at radius 3 is 2.14 bits per heavy atom. The highest BCUT2D eigenvalue weighted by Crippen LogP contribution is 2.23.